The summed E-state index contributed by atoms with van der Waals surface area (Å²) in [6.07, 6.45) is 0. The highest BCUT2D eigenvalue weighted by Gasteiger charge is 2.11. The summed E-state index contributed by atoms with van der Waals surface area (Å²) in [7, 11) is 0. The molecule has 6 heteroatoms. The van der Waals surface area contributed by atoms with E-state index in [1.54, 1.807) is 42.5 Å². The number of phenolic OH excluding ortho intramolecular Hbond substituents is 1. The Bertz CT molecular complexity index is 1160. The molecule has 0 bridgehead atoms. The molecule has 0 spiro atoms. The molecule has 25 heavy (non-hydrogen) atoms. The fourth-order valence-corrected chi connectivity index (χ4v) is 3.74. The summed E-state index contributed by atoms with van der Waals surface area (Å²) < 4.78 is 0.917. The number of para-hydroxylation sites is 1. The number of aromatic nitrogens is 1. The molecule has 124 valence electrons. The number of fused-ring (bicyclic) bond motifs is 3. The van der Waals surface area contributed by atoms with E-state index >= 15 is 0 Å². The molecule has 5 nitrogen and oxygen atoms in total. The lowest BCUT2D eigenvalue weighted by Crippen LogP contribution is -2.22. The van der Waals surface area contributed by atoms with Gasteiger partial charge in [-0.15, -0.1) is 11.3 Å². The van der Waals surface area contributed by atoms with Crippen LogP contribution in [0.15, 0.2) is 58.7 Å². The molecule has 0 aliphatic carbocycles. The van der Waals surface area contributed by atoms with E-state index in [-0.39, 0.29) is 23.8 Å². The van der Waals surface area contributed by atoms with Crippen molar-refractivity contribution in [1.29, 1.82) is 0 Å². The van der Waals surface area contributed by atoms with Gasteiger partial charge in [-0.1, -0.05) is 24.3 Å². The minimum absolute atomic E-state index is 0.144. The first kappa shape index (κ1) is 15.4. The molecule has 4 rings (SSSR count). The molecule has 0 radical (unpaired) electrons. The van der Waals surface area contributed by atoms with Crippen molar-refractivity contribution in [1.82, 2.24) is 10.3 Å². The number of carbonyl (C=O) groups excluding carboxylic acids is 1. The SMILES string of the molecule is O=C(NCc1ccccc1O)c1ccc2c(c1)[nH]c(=O)c1ccsc12. The van der Waals surface area contributed by atoms with Crippen molar-refractivity contribution >= 4 is 38.2 Å². The highest BCUT2D eigenvalue weighted by Crippen LogP contribution is 2.26. The van der Waals surface area contributed by atoms with E-state index in [4.69, 9.17) is 0 Å². The number of aromatic amines is 1. The van der Waals surface area contributed by atoms with Crippen LogP contribution in [0.1, 0.15) is 15.9 Å². The molecule has 0 aliphatic rings. The summed E-state index contributed by atoms with van der Waals surface area (Å²) in [4.78, 5) is 27.3. The second-order valence-electron chi connectivity index (χ2n) is 5.69. The largest absolute Gasteiger partial charge is 0.508 e. The average molecular weight is 350 g/mol. The molecule has 4 aromatic rings. The number of benzene rings is 2. The normalized spacial score (nSPS) is 11.0. The van der Waals surface area contributed by atoms with Gasteiger partial charge in [-0.3, -0.25) is 9.59 Å². The Morgan fingerprint density at radius 3 is 2.80 bits per heavy atom. The van der Waals surface area contributed by atoms with Crippen LogP contribution in [0.5, 0.6) is 5.75 Å². The van der Waals surface area contributed by atoms with Crippen molar-refractivity contribution in [3.63, 3.8) is 0 Å². The molecule has 0 atom stereocenters. The Morgan fingerprint density at radius 1 is 1.12 bits per heavy atom. The van der Waals surface area contributed by atoms with E-state index in [0.29, 0.717) is 22.0 Å². The monoisotopic (exact) mass is 350 g/mol. The summed E-state index contributed by atoms with van der Waals surface area (Å²) in [6, 6.07) is 13.9. The molecule has 0 unspecified atom stereocenters. The highest BCUT2D eigenvalue weighted by atomic mass is 32.1. The van der Waals surface area contributed by atoms with Gasteiger partial charge in [-0.25, -0.2) is 0 Å². The Hall–Kier alpha value is -3.12. The van der Waals surface area contributed by atoms with Gasteiger partial charge in [-0.2, -0.15) is 0 Å². The van der Waals surface area contributed by atoms with Gasteiger partial charge in [-0.05, 0) is 29.6 Å². The third kappa shape index (κ3) is 2.77. The van der Waals surface area contributed by atoms with Crippen LogP contribution in [0.25, 0.3) is 21.0 Å². The zero-order valence-electron chi connectivity index (χ0n) is 13.1. The Kier molecular flexibility index (Phi) is 3.74. The van der Waals surface area contributed by atoms with Crippen molar-refractivity contribution in [2.24, 2.45) is 0 Å². The van der Waals surface area contributed by atoms with E-state index in [1.165, 1.54) is 11.3 Å². The number of H-pyrrole nitrogens is 1. The fourth-order valence-electron chi connectivity index (χ4n) is 2.81. The van der Waals surface area contributed by atoms with Gasteiger partial charge in [0, 0.05) is 27.8 Å². The third-order valence-electron chi connectivity index (χ3n) is 4.12. The number of phenols is 1. The van der Waals surface area contributed by atoms with Crippen LogP contribution in [0.2, 0.25) is 0 Å². The first-order chi connectivity index (χ1) is 12.1. The Labute approximate surface area is 146 Å². The number of rotatable bonds is 3. The molecule has 3 N–H and O–H groups in total. The van der Waals surface area contributed by atoms with Crippen molar-refractivity contribution in [3.8, 4) is 5.75 Å². The Balaban J connectivity index is 1.65. The maximum atomic E-state index is 12.4. The molecule has 1 amide bonds. The topological polar surface area (TPSA) is 82.2 Å². The predicted octanol–water partition coefficient (Wildman–Crippen LogP) is 3.38. The van der Waals surface area contributed by atoms with E-state index in [0.717, 1.165) is 10.1 Å². The molecule has 0 fully saturated rings. The lowest BCUT2D eigenvalue weighted by molar-refractivity contribution is 0.0951. The zero-order chi connectivity index (χ0) is 17.4. The van der Waals surface area contributed by atoms with Crippen molar-refractivity contribution in [2.45, 2.75) is 6.54 Å². The molecule has 2 heterocycles. The molecular formula is C19H14N2O3S. The van der Waals surface area contributed by atoms with Crippen LogP contribution in [-0.2, 0) is 6.54 Å². The van der Waals surface area contributed by atoms with Gasteiger partial charge in [0.05, 0.1) is 10.9 Å². The number of amides is 1. The maximum absolute atomic E-state index is 12.4. The smallest absolute Gasteiger partial charge is 0.257 e. The average Bonchev–Trinajstić information content (AvgIpc) is 3.11. The summed E-state index contributed by atoms with van der Waals surface area (Å²) in [5.41, 5.74) is 1.57. The van der Waals surface area contributed by atoms with E-state index in [2.05, 4.69) is 10.3 Å². The molecule has 0 saturated heterocycles. The molecule has 2 aromatic heterocycles. The minimum Gasteiger partial charge on any atom is -0.508 e. The third-order valence-corrected chi connectivity index (χ3v) is 5.06. The van der Waals surface area contributed by atoms with Gasteiger partial charge < -0.3 is 15.4 Å². The van der Waals surface area contributed by atoms with Gasteiger partial charge in [0.15, 0.2) is 0 Å². The number of thiophene rings is 1. The van der Waals surface area contributed by atoms with Gasteiger partial charge in [0.1, 0.15) is 5.75 Å². The number of carbonyl (C=O) groups is 1. The molecule has 0 aliphatic heterocycles. The van der Waals surface area contributed by atoms with Gasteiger partial charge >= 0.3 is 0 Å². The standard InChI is InChI=1S/C19H14N2O3S/c22-16-4-2-1-3-12(16)10-20-18(23)11-5-6-13-15(9-11)21-19(24)14-7-8-25-17(13)14/h1-9,22H,10H2,(H,20,23)(H,21,24). The number of pyridine rings is 1. The second-order valence-corrected chi connectivity index (χ2v) is 6.61. The minimum atomic E-state index is -0.266. The summed E-state index contributed by atoms with van der Waals surface area (Å²) in [5, 5.41) is 16.0. The zero-order valence-corrected chi connectivity index (χ0v) is 13.9. The lowest BCUT2D eigenvalue weighted by atomic mass is 10.1. The van der Waals surface area contributed by atoms with Crippen LogP contribution in [-0.4, -0.2) is 16.0 Å². The summed E-state index contributed by atoms with van der Waals surface area (Å²) >= 11 is 1.51. The highest BCUT2D eigenvalue weighted by molar-refractivity contribution is 7.18. The van der Waals surface area contributed by atoms with E-state index in [9.17, 15) is 14.7 Å². The number of hydrogen-bond acceptors (Lipinski definition) is 4. The van der Waals surface area contributed by atoms with Crippen LogP contribution in [0.3, 0.4) is 0 Å². The maximum Gasteiger partial charge on any atom is 0.257 e. The van der Waals surface area contributed by atoms with E-state index in [1.807, 2.05) is 11.4 Å². The van der Waals surface area contributed by atoms with Gasteiger partial charge in [0.2, 0.25) is 0 Å². The first-order valence-corrected chi connectivity index (χ1v) is 8.60. The van der Waals surface area contributed by atoms with E-state index < -0.39 is 0 Å². The number of nitrogens with one attached hydrogen (secondary N) is 2. The number of aromatic hydroxyl groups is 1. The molecule has 2 aromatic carbocycles. The van der Waals surface area contributed by atoms with Crippen molar-refractivity contribution < 1.29 is 9.90 Å². The van der Waals surface area contributed by atoms with Crippen LogP contribution < -0.4 is 10.9 Å². The van der Waals surface area contributed by atoms with Crippen molar-refractivity contribution in [2.75, 3.05) is 0 Å². The number of hydrogen-bond donors (Lipinski definition) is 3. The van der Waals surface area contributed by atoms with Crippen LogP contribution >= 0.6 is 11.3 Å². The van der Waals surface area contributed by atoms with Crippen LogP contribution in [0.4, 0.5) is 0 Å². The lowest BCUT2D eigenvalue weighted by Gasteiger charge is -2.08. The summed E-state index contributed by atoms with van der Waals surface area (Å²) in [5.74, 6) is -0.122. The quantitative estimate of drug-likeness (QED) is 0.530. The first-order valence-electron chi connectivity index (χ1n) is 7.72. The van der Waals surface area contributed by atoms with Gasteiger partial charge in [0.25, 0.3) is 11.5 Å². The second kappa shape index (κ2) is 6.07. The Morgan fingerprint density at radius 2 is 1.96 bits per heavy atom. The predicted molar refractivity (Wildman–Crippen MR) is 99.2 cm³/mol. The fraction of sp³-hybridized carbons (Fsp3) is 0.0526. The van der Waals surface area contributed by atoms with Crippen LogP contribution in [0, 0.1) is 0 Å². The molecule has 0 saturated carbocycles. The molecular weight excluding hydrogens is 336 g/mol. The van der Waals surface area contributed by atoms with Crippen molar-refractivity contribution in [3.05, 3.63) is 75.4 Å². The summed E-state index contributed by atoms with van der Waals surface area (Å²) in [6.45, 7) is 0.226.